The number of para-hydroxylation sites is 1. The molecule has 1 aromatic carbocycles. The van der Waals surface area contributed by atoms with Gasteiger partial charge >= 0.3 is 0 Å². The Morgan fingerprint density at radius 2 is 1.83 bits per heavy atom. The van der Waals surface area contributed by atoms with Crippen LogP contribution in [0.3, 0.4) is 0 Å². The molecule has 0 N–H and O–H groups in total. The van der Waals surface area contributed by atoms with Gasteiger partial charge < -0.3 is 9.80 Å². The van der Waals surface area contributed by atoms with E-state index in [1.165, 1.54) is 0 Å². The number of amides is 1. The molecule has 1 aliphatic rings. The van der Waals surface area contributed by atoms with E-state index in [2.05, 4.69) is 11.8 Å². The second-order valence-corrected chi connectivity index (χ2v) is 7.42. The highest BCUT2D eigenvalue weighted by atomic mass is 16.2. The molecule has 1 amide bonds. The normalized spacial score (nSPS) is 15.0. The number of fused-ring (bicyclic) bond motifs is 1. The van der Waals surface area contributed by atoms with Crippen molar-refractivity contribution in [3.8, 4) is 5.69 Å². The lowest BCUT2D eigenvalue weighted by Gasteiger charge is -2.23. The smallest absolute Gasteiger partial charge is 0.222 e. The summed E-state index contributed by atoms with van der Waals surface area (Å²) in [4.78, 5) is 26.2. The summed E-state index contributed by atoms with van der Waals surface area (Å²) in [6, 6.07) is 10.1. The van der Waals surface area contributed by atoms with Gasteiger partial charge in [-0.1, -0.05) is 32.0 Å². The zero-order valence-corrected chi connectivity index (χ0v) is 17.4. The molecule has 1 saturated heterocycles. The van der Waals surface area contributed by atoms with Crippen LogP contribution in [-0.4, -0.2) is 56.7 Å². The molecule has 0 bridgehead atoms. The fourth-order valence-corrected chi connectivity index (χ4v) is 3.94. The number of rotatable bonds is 4. The molecular formula is C22H28N6O. The second-order valence-electron chi connectivity index (χ2n) is 7.42. The summed E-state index contributed by atoms with van der Waals surface area (Å²) in [5, 5.41) is 5.79. The van der Waals surface area contributed by atoms with Crippen LogP contribution in [0.2, 0.25) is 0 Å². The molecule has 0 unspecified atom stereocenters. The van der Waals surface area contributed by atoms with Crippen molar-refractivity contribution in [1.82, 2.24) is 24.6 Å². The third kappa shape index (κ3) is 3.69. The zero-order chi connectivity index (χ0) is 20.4. The van der Waals surface area contributed by atoms with Gasteiger partial charge in [0.1, 0.15) is 11.6 Å². The van der Waals surface area contributed by atoms with Crippen molar-refractivity contribution in [1.29, 1.82) is 0 Å². The van der Waals surface area contributed by atoms with Crippen molar-refractivity contribution in [2.75, 3.05) is 31.1 Å². The van der Waals surface area contributed by atoms with E-state index < -0.39 is 0 Å². The van der Waals surface area contributed by atoms with Crippen molar-refractivity contribution >= 4 is 22.8 Å². The Labute approximate surface area is 171 Å². The van der Waals surface area contributed by atoms with Crippen LogP contribution in [-0.2, 0) is 11.2 Å². The summed E-state index contributed by atoms with van der Waals surface area (Å²) in [5.41, 5.74) is 2.77. The van der Waals surface area contributed by atoms with Crippen LogP contribution in [0.5, 0.6) is 0 Å². The number of anilines is 1. The van der Waals surface area contributed by atoms with Crippen molar-refractivity contribution in [2.24, 2.45) is 0 Å². The first-order valence-corrected chi connectivity index (χ1v) is 10.5. The number of nitrogens with zero attached hydrogens (tertiary/aromatic N) is 6. The van der Waals surface area contributed by atoms with E-state index in [4.69, 9.17) is 15.1 Å². The fourth-order valence-electron chi connectivity index (χ4n) is 3.94. The fraction of sp³-hybridized carbons (Fsp3) is 0.455. The van der Waals surface area contributed by atoms with Crippen LogP contribution in [0.1, 0.15) is 38.2 Å². The summed E-state index contributed by atoms with van der Waals surface area (Å²) in [6.07, 6.45) is 2.25. The van der Waals surface area contributed by atoms with E-state index in [9.17, 15) is 4.79 Å². The number of hydrogen-bond acceptors (Lipinski definition) is 5. The Morgan fingerprint density at radius 3 is 2.55 bits per heavy atom. The van der Waals surface area contributed by atoms with Crippen LogP contribution >= 0.6 is 0 Å². The van der Waals surface area contributed by atoms with E-state index in [1.54, 1.807) is 0 Å². The molecule has 0 saturated carbocycles. The van der Waals surface area contributed by atoms with Crippen LogP contribution in [0, 0.1) is 6.92 Å². The minimum atomic E-state index is 0.224. The molecule has 2 aromatic heterocycles. The summed E-state index contributed by atoms with van der Waals surface area (Å²) in [6.45, 7) is 9.20. The number of aromatic nitrogens is 4. The Morgan fingerprint density at radius 1 is 1.03 bits per heavy atom. The van der Waals surface area contributed by atoms with Crippen molar-refractivity contribution in [3.63, 3.8) is 0 Å². The van der Waals surface area contributed by atoms with Crippen LogP contribution in [0.4, 0.5) is 5.82 Å². The molecule has 0 atom stereocenters. The number of carbonyl (C=O) groups excluding carboxylic acids is 1. The molecule has 29 heavy (non-hydrogen) atoms. The van der Waals surface area contributed by atoms with E-state index in [0.29, 0.717) is 6.42 Å². The average Bonchev–Trinajstić information content (AvgIpc) is 2.93. The Balaban J connectivity index is 1.78. The Bertz CT molecular complexity index is 1010. The molecule has 7 heteroatoms. The lowest BCUT2D eigenvalue weighted by Crippen LogP contribution is -2.35. The van der Waals surface area contributed by atoms with Crippen LogP contribution in [0.25, 0.3) is 16.7 Å². The van der Waals surface area contributed by atoms with Crippen LogP contribution < -0.4 is 4.90 Å². The first-order chi connectivity index (χ1) is 14.1. The van der Waals surface area contributed by atoms with E-state index >= 15 is 0 Å². The van der Waals surface area contributed by atoms with Gasteiger partial charge in [-0.2, -0.15) is 5.10 Å². The molecule has 3 heterocycles. The second kappa shape index (κ2) is 8.19. The highest BCUT2D eigenvalue weighted by Crippen LogP contribution is 2.29. The van der Waals surface area contributed by atoms with Crippen molar-refractivity contribution < 1.29 is 4.79 Å². The minimum absolute atomic E-state index is 0.224. The van der Waals surface area contributed by atoms with Gasteiger partial charge in [0, 0.05) is 39.0 Å². The summed E-state index contributed by atoms with van der Waals surface area (Å²) < 4.78 is 1.92. The largest absolute Gasteiger partial charge is 0.354 e. The lowest BCUT2D eigenvalue weighted by molar-refractivity contribution is -0.130. The van der Waals surface area contributed by atoms with E-state index in [-0.39, 0.29) is 5.91 Å². The molecule has 0 spiro atoms. The molecule has 0 aliphatic carbocycles. The van der Waals surface area contributed by atoms with Gasteiger partial charge in [-0.3, -0.25) is 4.79 Å². The summed E-state index contributed by atoms with van der Waals surface area (Å²) >= 11 is 0. The number of carbonyl (C=O) groups is 1. The molecule has 4 rings (SSSR count). The first kappa shape index (κ1) is 19.4. The third-order valence-electron chi connectivity index (χ3n) is 5.50. The molecule has 1 aliphatic heterocycles. The average molecular weight is 393 g/mol. The maximum atomic E-state index is 12.2. The number of aryl methyl sites for hydroxylation is 2. The van der Waals surface area contributed by atoms with Gasteiger partial charge in [0.05, 0.1) is 16.8 Å². The molecular weight excluding hydrogens is 364 g/mol. The molecule has 1 fully saturated rings. The Kier molecular flexibility index (Phi) is 5.47. The number of hydrogen-bond donors (Lipinski definition) is 0. The minimum Gasteiger partial charge on any atom is -0.354 e. The van der Waals surface area contributed by atoms with Gasteiger partial charge in [-0.15, -0.1) is 0 Å². The maximum Gasteiger partial charge on any atom is 0.222 e. The lowest BCUT2D eigenvalue weighted by atomic mass is 10.2. The van der Waals surface area contributed by atoms with E-state index in [0.717, 1.165) is 73.1 Å². The van der Waals surface area contributed by atoms with Gasteiger partial charge in [-0.25, -0.2) is 14.6 Å². The number of benzene rings is 1. The maximum absolute atomic E-state index is 12.2. The zero-order valence-electron chi connectivity index (χ0n) is 17.4. The monoisotopic (exact) mass is 392 g/mol. The SMILES string of the molecule is CCC(=O)N1CCCN(c2nc(CC)nc3c2c(C)nn3-c2ccccc2)CC1. The quantitative estimate of drug-likeness (QED) is 0.682. The predicted octanol–water partition coefficient (Wildman–Crippen LogP) is 3.14. The topological polar surface area (TPSA) is 67.2 Å². The highest BCUT2D eigenvalue weighted by molar-refractivity contribution is 5.91. The predicted molar refractivity (Wildman–Crippen MR) is 114 cm³/mol. The third-order valence-corrected chi connectivity index (χ3v) is 5.50. The standard InChI is InChI=1S/C22H28N6O/c1-4-18-23-21(27-13-9-12-26(14-15-27)19(29)5-2)20-16(3)25-28(22(20)24-18)17-10-7-6-8-11-17/h6-8,10-11H,4-5,9,12-15H2,1-3H3. The highest BCUT2D eigenvalue weighted by Gasteiger charge is 2.24. The van der Waals surface area contributed by atoms with E-state index in [1.807, 2.05) is 53.8 Å². The van der Waals surface area contributed by atoms with Gasteiger partial charge in [0.15, 0.2) is 5.65 Å². The summed E-state index contributed by atoms with van der Waals surface area (Å²) in [7, 11) is 0. The van der Waals surface area contributed by atoms with Gasteiger partial charge in [0.25, 0.3) is 0 Å². The van der Waals surface area contributed by atoms with Crippen molar-refractivity contribution in [3.05, 3.63) is 41.9 Å². The van der Waals surface area contributed by atoms with Gasteiger partial charge in [0.2, 0.25) is 5.91 Å². The van der Waals surface area contributed by atoms with Gasteiger partial charge in [-0.05, 0) is 25.5 Å². The molecule has 152 valence electrons. The Hall–Kier alpha value is -2.96. The first-order valence-electron chi connectivity index (χ1n) is 10.5. The van der Waals surface area contributed by atoms with Crippen molar-refractivity contribution in [2.45, 2.75) is 40.0 Å². The molecule has 3 aromatic rings. The molecule has 0 radical (unpaired) electrons. The molecule has 7 nitrogen and oxygen atoms in total. The summed E-state index contributed by atoms with van der Waals surface area (Å²) in [5.74, 6) is 1.98. The van der Waals surface area contributed by atoms with Crippen LogP contribution in [0.15, 0.2) is 30.3 Å².